The second kappa shape index (κ2) is 14.1. The monoisotopic (exact) mass is 721 g/mol. The number of aromatic nitrogens is 1. The molecule has 0 spiro atoms. The number of carbonyl (C=O) groups excluding carboxylic acids is 2. The highest BCUT2D eigenvalue weighted by molar-refractivity contribution is 6.31. The molecule has 3 aliphatic rings. The average Bonchev–Trinajstić information content (AvgIpc) is 3.49. The summed E-state index contributed by atoms with van der Waals surface area (Å²) in [5.41, 5.74) is -2.69. The molecule has 0 bridgehead atoms. The van der Waals surface area contributed by atoms with Crippen LogP contribution >= 0.6 is 11.6 Å². The first-order chi connectivity index (χ1) is 23.8. The van der Waals surface area contributed by atoms with Gasteiger partial charge in [0, 0.05) is 59.8 Å². The molecule has 0 unspecified atom stereocenters. The molecule has 4 heterocycles. The molecule has 2 saturated heterocycles. The molecule has 1 aromatic heterocycles. The highest BCUT2D eigenvalue weighted by atomic mass is 35.5. The van der Waals surface area contributed by atoms with E-state index in [9.17, 15) is 27.9 Å². The molecule has 50 heavy (non-hydrogen) atoms. The Morgan fingerprint density at radius 3 is 2.56 bits per heavy atom. The zero-order valence-corrected chi connectivity index (χ0v) is 27.6. The van der Waals surface area contributed by atoms with E-state index >= 15 is 8.78 Å². The van der Waals surface area contributed by atoms with Crippen LogP contribution in [0.15, 0.2) is 60.0 Å². The lowest BCUT2D eigenvalue weighted by Crippen LogP contribution is -2.60. The second-order valence-corrected chi connectivity index (χ2v) is 12.8. The standard InChI is InChI=1S/C34H33ClF5N5O5/c1-33-9-2-10-45(33)44(19-21-3-7-25(29(37)28(21)36)50-16-13-43-11-14-49-15-12-43)32(48)27(30(33)46)31(47)42-24-6-5-22(35)17-23(24)20-4-8-26(41-18-20)34(38,39)40/h3-8,17-18,46H,2,9-16,19H2,1H3,(H,42,47)/t33-/m1/s1. The van der Waals surface area contributed by atoms with Gasteiger partial charge in [-0.3, -0.25) is 24.5 Å². The van der Waals surface area contributed by atoms with Gasteiger partial charge in [-0.15, -0.1) is 0 Å². The number of pyridine rings is 1. The van der Waals surface area contributed by atoms with E-state index in [2.05, 4.69) is 15.2 Å². The minimum absolute atomic E-state index is 0.0666. The van der Waals surface area contributed by atoms with Crippen molar-refractivity contribution in [2.75, 3.05) is 51.3 Å². The molecule has 10 nitrogen and oxygen atoms in total. The van der Waals surface area contributed by atoms with Gasteiger partial charge in [0.1, 0.15) is 23.6 Å². The molecule has 2 fully saturated rings. The van der Waals surface area contributed by atoms with Crippen molar-refractivity contribution in [3.63, 3.8) is 0 Å². The molecule has 1 atom stereocenters. The minimum atomic E-state index is -4.67. The van der Waals surface area contributed by atoms with Crippen LogP contribution in [0.5, 0.6) is 5.75 Å². The highest BCUT2D eigenvalue weighted by Crippen LogP contribution is 2.42. The van der Waals surface area contributed by atoms with Crippen molar-refractivity contribution in [3.8, 4) is 16.9 Å². The number of anilines is 1. The van der Waals surface area contributed by atoms with Gasteiger partial charge in [-0.25, -0.2) is 9.40 Å². The van der Waals surface area contributed by atoms with Gasteiger partial charge < -0.3 is 19.9 Å². The van der Waals surface area contributed by atoms with Gasteiger partial charge in [0.15, 0.2) is 11.6 Å². The van der Waals surface area contributed by atoms with E-state index in [1.54, 1.807) is 6.92 Å². The Bertz CT molecular complexity index is 1820. The zero-order valence-electron chi connectivity index (χ0n) is 26.8. The number of aliphatic hydroxyl groups is 1. The first kappa shape index (κ1) is 35.5. The minimum Gasteiger partial charge on any atom is -0.509 e. The number of amides is 2. The summed E-state index contributed by atoms with van der Waals surface area (Å²) in [5.74, 6) is -5.21. The summed E-state index contributed by atoms with van der Waals surface area (Å²) < 4.78 is 80.8. The summed E-state index contributed by atoms with van der Waals surface area (Å²) >= 11 is 6.17. The Hall–Kier alpha value is -4.31. The van der Waals surface area contributed by atoms with E-state index in [4.69, 9.17) is 21.1 Å². The van der Waals surface area contributed by atoms with Crippen molar-refractivity contribution < 1.29 is 46.1 Å². The van der Waals surface area contributed by atoms with Crippen LogP contribution in [-0.2, 0) is 27.0 Å². The molecular formula is C34H33ClF5N5O5. The molecule has 2 aromatic carbocycles. The number of hydrogen-bond donors (Lipinski definition) is 2. The third kappa shape index (κ3) is 6.99. The summed E-state index contributed by atoms with van der Waals surface area (Å²) in [6.45, 7) is 4.67. The quantitative estimate of drug-likeness (QED) is 0.206. The number of hydrogen-bond acceptors (Lipinski definition) is 8. The number of rotatable bonds is 9. The molecule has 3 aliphatic heterocycles. The average molecular weight is 722 g/mol. The smallest absolute Gasteiger partial charge is 0.433 e. The number of aliphatic hydroxyl groups excluding tert-OH is 1. The van der Waals surface area contributed by atoms with Gasteiger partial charge in [-0.1, -0.05) is 23.7 Å². The third-order valence-corrected chi connectivity index (χ3v) is 9.36. The number of morpholine rings is 1. The van der Waals surface area contributed by atoms with Crippen LogP contribution in [0, 0.1) is 11.6 Å². The second-order valence-electron chi connectivity index (χ2n) is 12.3. The Balaban J connectivity index is 1.24. The Morgan fingerprint density at radius 1 is 1.10 bits per heavy atom. The van der Waals surface area contributed by atoms with Crippen LogP contribution in [0.3, 0.4) is 0 Å². The van der Waals surface area contributed by atoms with Crippen LogP contribution in [0.25, 0.3) is 11.1 Å². The van der Waals surface area contributed by atoms with Crippen molar-refractivity contribution >= 4 is 29.1 Å². The topological polar surface area (TPSA) is 107 Å². The van der Waals surface area contributed by atoms with E-state index in [0.29, 0.717) is 45.7 Å². The SMILES string of the molecule is C[C@]12CCCN1N(Cc1ccc(OCCN3CCOCC3)c(F)c1F)C(=O)C(C(=O)Nc1ccc(Cl)cc1-c1ccc(C(F)(F)F)nc1)=C2O. The highest BCUT2D eigenvalue weighted by Gasteiger charge is 2.52. The van der Waals surface area contributed by atoms with Crippen LogP contribution in [0.2, 0.25) is 5.02 Å². The number of ether oxygens (including phenoxy) is 2. The van der Waals surface area contributed by atoms with Crippen LogP contribution in [-0.4, -0.2) is 88.4 Å². The number of hydrazine groups is 1. The Labute approximate surface area is 289 Å². The van der Waals surface area contributed by atoms with Crippen LogP contribution < -0.4 is 10.1 Å². The van der Waals surface area contributed by atoms with Crippen LogP contribution in [0.4, 0.5) is 27.6 Å². The molecule has 0 saturated carbocycles. The lowest BCUT2D eigenvalue weighted by atomic mass is 9.90. The molecule has 6 rings (SSSR count). The summed E-state index contributed by atoms with van der Waals surface area (Å²) in [7, 11) is 0. The number of fused-ring (bicyclic) bond motifs is 1. The van der Waals surface area contributed by atoms with Crippen molar-refractivity contribution in [1.29, 1.82) is 0 Å². The van der Waals surface area contributed by atoms with Gasteiger partial charge in [0.2, 0.25) is 5.82 Å². The molecule has 2 amide bonds. The van der Waals surface area contributed by atoms with Crippen molar-refractivity contribution in [1.82, 2.24) is 19.9 Å². The maximum absolute atomic E-state index is 15.5. The molecule has 16 heteroatoms. The van der Waals surface area contributed by atoms with E-state index < -0.39 is 58.7 Å². The number of benzene rings is 2. The molecule has 0 radical (unpaired) electrons. The fraction of sp³-hybridized carbons (Fsp3) is 0.382. The predicted octanol–water partition coefficient (Wildman–Crippen LogP) is 5.97. The number of carbonyl (C=O) groups is 2. The summed E-state index contributed by atoms with van der Waals surface area (Å²) in [6, 6.07) is 8.74. The third-order valence-electron chi connectivity index (χ3n) is 9.13. The van der Waals surface area contributed by atoms with E-state index in [-0.39, 0.29) is 46.3 Å². The summed E-state index contributed by atoms with van der Waals surface area (Å²) in [4.78, 5) is 33.3. The number of nitrogens with one attached hydrogen (secondary N) is 1. The molecule has 266 valence electrons. The van der Waals surface area contributed by atoms with Gasteiger partial charge in [-0.2, -0.15) is 17.6 Å². The summed E-state index contributed by atoms with van der Waals surface area (Å²) in [6.07, 6.45) is -2.83. The van der Waals surface area contributed by atoms with Gasteiger partial charge >= 0.3 is 6.18 Å². The predicted molar refractivity (Wildman–Crippen MR) is 172 cm³/mol. The zero-order chi connectivity index (χ0) is 35.8. The largest absolute Gasteiger partial charge is 0.509 e. The summed E-state index contributed by atoms with van der Waals surface area (Å²) in [5, 5.41) is 16.8. The molecule has 0 aliphatic carbocycles. The van der Waals surface area contributed by atoms with E-state index in [0.717, 1.165) is 23.3 Å². The number of halogens is 6. The van der Waals surface area contributed by atoms with Gasteiger partial charge in [-0.05, 0) is 50.1 Å². The molecular weight excluding hydrogens is 689 g/mol. The first-order valence-electron chi connectivity index (χ1n) is 15.9. The molecule has 3 aromatic rings. The normalized spacial score (nSPS) is 20.3. The van der Waals surface area contributed by atoms with Crippen LogP contribution in [0.1, 0.15) is 31.0 Å². The van der Waals surface area contributed by atoms with Crippen molar-refractivity contribution in [2.45, 2.75) is 38.0 Å². The fourth-order valence-electron chi connectivity index (χ4n) is 6.39. The van der Waals surface area contributed by atoms with Gasteiger partial charge in [0.25, 0.3) is 11.8 Å². The lowest BCUT2D eigenvalue weighted by Gasteiger charge is -2.46. The van der Waals surface area contributed by atoms with E-state index in [1.807, 2.05) is 0 Å². The Morgan fingerprint density at radius 2 is 1.86 bits per heavy atom. The van der Waals surface area contributed by atoms with Crippen molar-refractivity contribution in [3.05, 3.63) is 87.9 Å². The number of nitrogens with zero attached hydrogens (tertiary/aromatic N) is 4. The Kier molecular flexibility index (Phi) is 10.0. The maximum Gasteiger partial charge on any atom is 0.433 e. The van der Waals surface area contributed by atoms with E-state index in [1.165, 1.54) is 35.3 Å². The fourth-order valence-corrected chi connectivity index (χ4v) is 6.57. The first-order valence-corrected chi connectivity index (χ1v) is 16.2. The maximum atomic E-state index is 15.5. The van der Waals surface area contributed by atoms with Gasteiger partial charge in [0.05, 0.1) is 25.3 Å². The van der Waals surface area contributed by atoms with Crippen molar-refractivity contribution in [2.24, 2.45) is 0 Å². The number of alkyl halides is 3. The lowest BCUT2D eigenvalue weighted by molar-refractivity contribution is -0.160. The molecule has 2 N–H and O–H groups in total.